The van der Waals surface area contributed by atoms with Gasteiger partial charge in [0.1, 0.15) is 5.69 Å². The van der Waals surface area contributed by atoms with E-state index >= 15 is 0 Å². The third-order valence-electron chi connectivity index (χ3n) is 4.55. The van der Waals surface area contributed by atoms with Crippen molar-refractivity contribution in [2.75, 3.05) is 18.5 Å². The van der Waals surface area contributed by atoms with E-state index < -0.39 is 17.8 Å². The van der Waals surface area contributed by atoms with Crippen molar-refractivity contribution in [3.8, 4) is 11.3 Å². The normalized spacial score (nSPS) is 20.1. The fourth-order valence-corrected chi connectivity index (χ4v) is 3.10. The molecule has 1 aliphatic rings. The first-order valence-corrected chi connectivity index (χ1v) is 8.39. The molecular weight excluding hydrogens is 359 g/mol. The average Bonchev–Trinajstić information content (AvgIpc) is 3.06. The second-order valence-electron chi connectivity index (χ2n) is 6.37. The lowest BCUT2D eigenvalue weighted by Crippen LogP contribution is -2.32. The second-order valence-corrected chi connectivity index (χ2v) is 6.37. The Kier molecular flexibility index (Phi) is 4.45. The van der Waals surface area contributed by atoms with Crippen LogP contribution in [0.5, 0.6) is 0 Å². The van der Waals surface area contributed by atoms with Gasteiger partial charge in [0.15, 0.2) is 5.82 Å². The van der Waals surface area contributed by atoms with Gasteiger partial charge < -0.3 is 15.2 Å². The van der Waals surface area contributed by atoms with Gasteiger partial charge in [0.05, 0.1) is 30.9 Å². The molecule has 2 heterocycles. The van der Waals surface area contributed by atoms with Gasteiger partial charge in [-0.25, -0.2) is 0 Å². The standard InChI is InChI=1S/C19H16F3N3O2/c20-19(21,22)12-7-5-11(6-8-12)17-13-3-1-2-4-14(13)18(25-24-17)23-15-9-27-10-16(15)26/h1-8,15-16,26H,9-10H2,(H,23,25). The van der Waals surface area contributed by atoms with Crippen molar-refractivity contribution in [1.82, 2.24) is 10.2 Å². The van der Waals surface area contributed by atoms with Crippen molar-refractivity contribution in [3.63, 3.8) is 0 Å². The van der Waals surface area contributed by atoms with E-state index in [0.717, 1.165) is 22.9 Å². The molecule has 0 radical (unpaired) electrons. The number of aromatic nitrogens is 2. The lowest BCUT2D eigenvalue weighted by atomic mass is 10.0. The summed E-state index contributed by atoms with van der Waals surface area (Å²) in [5, 5.41) is 23.0. The molecule has 1 aliphatic heterocycles. The molecule has 27 heavy (non-hydrogen) atoms. The van der Waals surface area contributed by atoms with Crippen LogP contribution in [0.2, 0.25) is 0 Å². The molecule has 4 rings (SSSR count). The highest BCUT2D eigenvalue weighted by Gasteiger charge is 2.30. The number of aliphatic hydroxyl groups is 1. The Morgan fingerprint density at radius 3 is 2.30 bits per heavy atom. The Balaban J connectivity index is 1.73. The van der Waals surface area contributed by atoms with Crippen molar-refractivity contribution in [2.45, 2.75) is 18.3 Å². The van der Waals surface area contributed by atoms with Crippen LogP contribution in [0.1, 0.15) is 5.56 Å². The van der Waals surface area contributed by atoms with Gasteiger partial charge in [-0.1, -0.05) is 36.4 Å². The van der Waals surface area contributed by atoms with E-state index in [-0.39, 0.29) is 12.6 Å². The van der Waals surface area contributed by atoms with Gasteiger partial charge in [0.2, 0.25) is 0 Å². The maximum absolute atomic E-state index is 12.8. The second kappa shape index (κ2) is 6.79. The largest absolute Gasteiger partial charge is 0.416 e. The molecule has 0 saturated carbocycles. The minimum Gasteiger partial charge on any atom is -0.388 e. The monoisotopic (exact) mass is 375 g/mol. The number of benzene rings is 2. The minimum absolute atomic E-state index is 0.257. The number of nitrogens with one attached hydrogen (secondary N) is 1. The third-order valence-corrected chi connectivity index (χ3v) is 4.55. The van der Waals surface area contributed by atoms with Crippen LogP contribution in [0.25, 0.3) is 22.0 Å². The van der Waals surface area contributed by atoms with Crippen LogP contribution in [-0.4, -0.2) is 40.7 Å². The summed E-state index contributed by atoms with van der Waals surface area (Å²) in [6.07, 6.45) is -5.02. The van der Waals surface area contributed by atoms with E-state index in [9.17, 15) is 18.3 Å². The van der Waals surface area contributed by atoms with Gasteiger partial charge in [-0.15, -0.1) is 10.2 Å². The third kappa shape index (κ3) is 3.45. The zero-order valence-electron chi connectivity index (χ0n) is 14.1. The summed E-state index contributed by atoms with van der Waals surface area (Å²) in [7, 11) is 0. The number of nitrogens with zero attached hydrogens (tertiary/aromatic N) is 2. The molecule has 2 unspecified atom stereocenters. The zero-order valence-corrected chi connectivity index (χ0v) is 14.1. The van der Waals surface area contributed by atoms with Crippen molar-refractivity contribution in [2.24, 2.45) is 0 Å². The fourth-order valence-electron chi connectivity index (χ4n) is 3.10. The van der Waals surface area contributed by atoms with Crippen LogP contribution in [0.4, 0.5) is 19.0 Å². The van der Waals surface area contributed by atoms with Crippen LogP contribution < -0.4 is 5.32 Å². The molecule has 2 aromatic carbocycles. The number of alkyl halides is 3. The van der Waals surface area contributed by atoms with Gasteiger partial charge >= 0.3 is 6.18 Å². The SMILES string of the molecule is OC1COCC1Nc1nnc(-c2ccc(C(F)(F)F)cc2)c2ccccc12. The molecule has 1 saturated heterocycles. The van der Waals surface area contributed by atoms with Crippen LogP contribution in [-0.2, 0) is 10.9 Å². The van der Waals surface area contributed by atoms with Gasteiger partial charge in [-0.05, 0) is 12.1 Å². The first-order valence-electron chi connectivity index (χ1n) is 8.39. The molecule has 0 amide bonds. The molecule has 0 aliphatic carbocycles. The summed E-state index contributed by atoms with van der Waals surface area (Å²) >= 11 is 0. The fraction of sp³-hybridized carbons (Fsp3) is 0.263. The first kappa shape index (κ1) is 17.7. The predicted octanol–water partition coefficient (Wildman–Crippen LogP) is 3.49. The van der Waals surface area contributed by atoms with E-state index in [4.69, 9.17) is 4.74 Å². The van der Waals surface area contributed by atoms with Crippen molar-refractivity contribution >= 4 is 16.6 Å². The molecule has 8 heteroatoms. The smallest absolute Gasteiger partial charge is 0.388 e. The Hall–Kier alpha value is -2.71. The number of halogens is 3. The lowest BCUT2D eigenvalue weighted by molar-refractivity contribution is -0.137. The Bertz CT molecular complexity index is 961. The summed E-state index contributed by atoms with van der Waals surface area (Å²) in [6.45, 7) is 0.616. The minimum atomic E-state index is -4.38. The van der Waals surface area contributed by atoms with Crippen LogP contribution in [0.3, 0.4) is 0 Å². The van der Waals surface area contributed by atoms with Gasteiger partial charge in [-0.3, -0.25) is 0 Å². The number of ether oxygens (including phenoxy) is 1. The highest BCUT2D eigenvalue weighted by molar-refractivity contribution is 6.00. The molecule has 3 aromatic rings. The van der Waals surface area contributed by atoms with Gasteiger partial charge in [0, 0.05) is 16.3 Å². The highest BCUT2D eigenvalue weighted by Crippen LogP contribution is 2.33. The van der Waals surface area contributed by atoms with E-state index in [2.05, 4.69) is 15.5 Å². The molecule has 2 atom stereocenters. The number of rotatable bonds is 3. The van der Waals surface area contributed by atoms with E-state index in [1.807, 2.05) is 24.3 Å². The maximum atomic E-state index is 12.8. The molecule has 0 bridgehead atoms. The van der Waals surface area contributed by atoms with Crippen molar-refractivity contribution < 1.29 is 23.0 Å². The van der Waals surface area contributed by atoms with Crippen LogP contribution >= 0.6 is 0 Å². The van der Waals surface area contributed by atoms with E-state index in [1.54, 1.807) is 0 Å². The first-order chi connectivity index (χ1) is 12.9. The molecule has 1 fully saturated rings. The summed E-state index contributed by atoms with van der Waals surface area (Å²) < 4.78 is 43.6. The topological polar surface area (TPSA) is 67.3 Å². The Morgan fingerprint density at radius 1 is 0.963 bits per heavy atom. The van der Waals surface area contributed by atoms with E-state index in [0.29, 0.717) is 23.7 Å². The Morgan fingerprint density at radius 2 is 1.67 bits per heavy atom. The van der Waals surface area contributed by atoms with Crippen molar-refractivity contribution in [1.29, 1.82) is 0 Å². The van der Waals surface area contributed by atoms with Gasteiger partial charge in [-0.2, -0.15) is 13.2 Å². The number of anilines is 1. The molecule has 140 valence electrons. The van der Waals surface area contributed by atoms with Crippen LogP contribution in [0, 0.1) is 0 Å². The number of hydrogen-bond acceptors (Lipinski definition) is 5. The quantitative estimate of drug-likeness (QED) is 0.734. The number of fused-ring (bicyclic) bond motifs is 1. The molecule has 2 N–H and O–H groups in total. The molecule has 1 aromatic heterocycles. The number of hydrogen-bond donors (Lipinski definition) is 2. The Labute approximate surface area is 152 Å². The maximum Gasteiger partial charge on any atom is 0.416 e. The summed E-state index contributed by atoms with van der Waals surface area (Å²) in [6, 6.07) is 11.9. The van der Waals surface area contributed by atoms with Gasteiger partial charge in [0.25, 0.3) is 0 Å². The predicted molar refractivity (Wildman–Crippen MR) is 94.2 cm³/mol. The van der Waals surface area contributed by atoms with Crippen LogP contribution in [0.15, 0.2) is 48.5 Å². The number of aliphatic hydroxyl groups excluding tert-OH is 1. The summed E-state index contributed by atoms with van der Waals surface area (Å²) in [5.41, 5.74) is 0.326. The molecular formula is C19H16F3N3O2. The highest BCUT2D eigenvalue weighted by atomic mass is 19.4. The molecule has 5 nitrogen and oxygen atoms in total. The van der Waals surface area contributed by atoms with Crippen molar-refractivity contribution in [3.05, 3.63) is 54.1 Å². The zero-order chi connectivity index (χ0) is 19.0. The lowest BCUT2D eigenvalue weighted by Gasteiger charge is -2.17. The average molecular weight is 375 g/mol. The van der Waals surface area contributed by atoms with E-state index in [1.165, 1.54) is 12.1 Å². The molecule has 0 spiro atoms. The summed E-state index contributed by atoms with van der Waals surface area (Å²) in [5.74, 6) is 0.496. The summed E-state index contributed by atoms with van der Waals surface area (Å²) in [4.78, 5) is 0.